The molecule has 0 bridgehead atoms. The maximum absolute atomic E-state index is 13.3. The monoisotopic (exact) mass is 431 g/mol. The Morgan fingerprint density at radius 2 is 2.00 bits per heavy atom. The molecular weight excluding hydrogens is 421 g/mol. The fourth-order valence-corrected chi connectivity index (χ4v) is 7.36. The number of halogens is 2. The number of thioether (sulfide) groups is 1. The van der Waals surface area contributed by atoms with Crippen LogP contribution in [0.1, 0.15) is 10.9 Å². The molecule has 2 aromatic carbocycles. The number of fused-ring (bicyclic) bond motifs is 1. The van der Waals surface area contributed by atoms with Crippen molar-refractivity contribution in [1.82, 2.24) is 13.1 Å². The average Bonchev–Trinajstić information content (AvgIpc) is 3.23. The molecule has 0 radical (unpaired) electrons. The molecule has 1 atom stereocenters. The van der Waals surface area contributed by atoms with Crippen molar-refractivity contribution in [2.24, 2.45) is 0 Å². The number of hydrogen-bond acceptors (Lipinski definition) is 6. The third-order valence-corrected chi connectivity index (χ3v) is 8.29. The lowest BCUT2D eigenvalue weighted by atomic mass is 10.2. The Hall–Kier alpha value is -0.900. The van der Waals surface area contributed by atoms with Crippen LogP contribution >= 0.6 is 46.7 Å². The molecule has 0 aliphatic carbocycles. The van der Waals surface area contributed by atoms with Crippen LogP contribution < -0.4 is 0 Å². The summed E-state index contributed by atoms with van der Waals surface area (Å²) in [6, 6.07) is 10.1. The number of sulfonamides is 1. The fourth-order valence-electron chi connectivity index (χ4n) is 2.76. The van der Waals surface area contributed by atoms with Gasteiger partial charge in [-0.25, -0.2) is 8.42 Å². The Bertz CT molecular complexity index is 1060. The molecule has 1 saturated heterocycles. The molecule has 1 fully saturated rings. The van der Waals surface area contributed by atoms with Crippen molar-refractivity contribution in [3.8, 4) is 0 Å². The topological polar surface area (TPSA) is 63.2 Å². The first-order valence-electron chi connectivity index (χ1n) is 7.28. The molecule has 0 N–H and O–H groups in total. The normalized spacial score (nSPS) is 18.9. The summed E-state index contributed by atoms with van der Waals surface area (Å²) >= 11 is 14.8. The van der Waals surface area contributed by atoms with Gasteiger partial charge in [0.15, 0.2) is 0 Å². The molecule has 1 aliphatic rings. The van der Waals surface area contributed by atoms with Gasteiger partial charge in [0.25, 0.3) is 0 Å². The van der Waals surface area contributed by atoms with Crippen molar-refractivity contribution in [3.05, 3.63) is 52.0 Å². The van der Waals surface area contributed by atoms with Crippen molar-refractivity contribution in [1.29, 1.82) is 0 Å². The van der Waals surface area contributed by atoms with Gasteiger partial charge >= 0.3 is 0 Å². The minimum absolute atomic E-state index is 0.177. The first-order chi connectivity index (χ1) is 12.0. The fraction of sp³-hybridized carbons (Fsp3) is 0.200. The third kappa shape index (κ3) is 3.05. The van der Waals surface area contributed by atoms with Gasteiger partial charge in [0.05, 0.1) is 17.1 Å². The van der Waals surface area contributed by atoms with Crippen LogP contribution in [0, 0.1) is 0 Å². The number of hydrogen-bond donors (Lipinski definition) is 0. The smallest absolute Gasteiger partial charge is 0.207 e. The highest BCUT2D eigenvalue weighted by Crippen LogP contribution is 2.44. The lowest BCUT2D eigenvalue weighted by Gasteiger charge is -2.24. The van der Waals surface area contributed by atoms with Gasteiger partial charge < -0.3 is 0 Å². The maximum Gasteiger partial charge on any atom is 0.246 e. The summed E-state index contributed by atoms with van der Waals surface area (Å²) in [6.45, 7) is 0.407. The Balaban J connectivity index is 1.80. The van der Waals surface area contributed by atoms with Gasteiger partial charge in [0.1, 0.15) is 15.9 Å². The summed E-state index contributed by atoms with van der Waals surface area (Å²) < 4.78 is 36.3. The van der Waals surface area contributed by atoms with E-state index < -0.39 is 15.4 Å². The first-order valence-corrected chi connectivity index (χ1v) is 11.3. The zero-order valence-electron chi connectivity index (χ0n) is 12.6. The van der Waals surface area contributed by atoms with Gasteiger partial charge in [-0.05, 0) is 29.8 Å². The largest absolute Gasteiger partial charge is 0.246 e. The molecule has 2 heterocycles. The molecule has 130 valence electrons. The SMILES string of the molecule is O=S(=O)(c1cccc2nsnc12)N1CCSC1c1ccc(Cl)cc1Cl. The molecule has 5 nitrogen and oxygen atoms in total. The van der Waals surface area contributed by atoms with E-state index in [2.05, 4.69) is 8.75 Å². The summed E-state index contributed by atoms with van der Waals surface area (Å²) in [5, 5.41) is 0.585. The molecule has 0 spiro atoms. The average molecular weight is 432 g/mol. The van der Waals surface area contributed by atoms with Crippen LogP contribution in [-0.2, 0) is 10.0 Å². The Kier molecular flexibility index (Phi) is 4.68. The molecule has 0 amide bonds. The van der Waals surface area contributed by atoms with Crippen LogP contribution in [-0.4, -0.2) is 33.8 Å². The van der Waals surface area contributed by atoms with Gasteiger partial charge in [0, 0.05) is 22.3 Å². The minimum Gasteiger partial charge on any atom is -0.207 e. The second-order valence-electron chi connectivity index (χ2n) is 5.39. The number of nitrogens with zero attached hydrogens (tertiary/aromatic N) is 3. The Labute approximate surface area is 163 Å². The first kappa shape index (κ1) is 17.5. The highest BCUT2D eigenvalue weighted by molar-refractivity contribution is 8.01. The van der Waals surface area contributed by atoms with Crippen LogP contribution in [0.25, 0.3) is 11.0 Å². The second-order valence-corrected chi connectivity index (χ2v) is 9.81. The molecule has 10 heteroatoms. The van der Waals surface area contributed by atoms with Crippen molar-refractivity contribution < 1.29 is 8.42 Å². The zero-order valence-corrected chi connectivity index (χ0v) is 16.6. The van der Waals surface area contributed by atoms with Gasteiger partial charge in [0.2, 0.25) is 10.0 Å². The molecule has 1 unspecified atom stereocenters. The number of rotatable bonds is 3. The summed E-state index contributed by atoms with van der Waals surface area (Å²) in [5.74, 6) is 0.689. The van der Waals surface area contributed by atoms with E-state index in [1.165, 1.54) is 16.1 Å². The van der Waals surface area contributed by atoms with Crippen LogP contribution in [0.3, 0.4) is 0 Å². The highest BCUT2D eigenvalue weighted by Gasteiger charge is 2.38. The quantitative estimate of drug-likeness (QED) is 0.613. The summed E-state index contributed by atoms with van der Waals surface area (Å²) in [4.78, 5) is 0.177. The third-order valence-electron chi connectivity index (χ3n) is 3.91. The number of benzene rings is 2. The molecule has 3 aromatic rings. The lowest BCUT2D eigenvalue weighted by Crippen LogP contribution is -2.30. The lowest BCUT2D eigenvalue weighted by molar-refractivity contribution is 0.435. The maximum atomic E-state index is 13.3. The van der Waals surface area contributed by atoms with E-state index >= 15 is 0 Å². The standard InChI is InChI=1S/C15H11Cl2N3O2S3/c16-9-4-5-10(11(17)8-9)15-20(6-7-23-15)25(21,22)13-3-1-2-12-14(13)19-24-18-12/h1-5,8,15H,6-7H2. The van der Waals surface area contributed by atoms with E-state index in [4.69, 9.17) is 23.2 Å². The van der Waals surface area contributed by atoms with Crippen LogP contribution in [0.15, 0.2) is 41.3 Å². The van der Waals surface area contributed by atoms with Crippen LogP contribution in [0.2, 0.25) is 10.0 Å². The molecule has 4 rings (SSSR count). The second kappa shape index (κ2) is 6.68. The van der Waals surface area contributed by atoms with Gasteiger partial charge in [-0.1, -0.05) is 35.3 Å². The van der Waals surface area contributed by atoms with E-state index in [-0.39, 0.29) is 4.90 Å². The van der Waals surface area contributed by atoms with E-state index in [0.717, 1.165) is 17.3 Å². The van der Waals surface area contributed by atoms with Crippen molar-refractivity contribution >= 4 is 67.7 Å². The Morgan fingerprint density at radius 3 is 2.80 bits per heavy atom. The zero-order chi connectivity index (χ0) is 17.6. The highest BCUT2D eigenvalue weighted by atomic mass is 35.5. The molecule has 25 heavy (non-hydrogen) atoms. The molecule has 0 saturated carbocycles. The van der Waals surface area contributed by atoms with Crippen LogP contribution in [0.5, 0.6) is 0 Å². The van der Waals surface area contributed by atoms with Crippen molar-refractivity contribution in [2.45, 2.75) is 10.3 Å². The predicted octanol–water partition coefficient (Wildman–Crippen LogP) is 4.43. The molecular formula is C15H11Cl2N3O2S3. The molecule has 1 aromatic heterocycles. The number of aromatic nitrogens is 2. The minimum atomic E-state index is -3.73. The summed E-state index contributed by atoms with van der Waals surface area (Å²) in [7, 11) is -3.73. The van der Waals surface area contributed by atoms with E-state index in [0.29, 0.717) is 33.4 Å². The predicted molar refractivity (Wildman–Crippen MR) is 103 cm³/mol. The van der Waals surface area contributed by atoms with Crippen LogP contribution in [0.4, 0.5) is 0 Å². The van der Waals surface area contributed by atoms with E-state index in [9.17, 15) is 8.42 Å². The van der Waals surface area contributed by atoms with Crippen molar-refractivity contribution in [2.75, 3.05) is 12.3 Å². The summed E-state index contributed by atoms with van der Waals surface area (Å²) in [6.07, 6.45) is 0. The van der Waals surface area contributed by atoms with Gasteiger partial charge in [-0.15, -0.1) is 11.8 Å². The van der Waals surface area contributed by atoms with Gasteiger partial charge in [-0.2, -0.15) is 13.1 Å². The summed E-state index contributed by atoms with van der Waals surface area (Å²) in [5.41, 5.74) is 1.73. The Morgan fingerprint density at radius 1 is 1.16 bits per heavy atom. The van der Waals surface area contributed by atoms with Gasteiger partial charge in [-0.3, -0.25) is 0 Å². The molecule has 1 aliphatic heterocycles. The van der Waals surface area contributed by atoms with E-state index in [1.807, 2.05) is 0 Å². The van der Waals surface area contributed by atoms with E-state index in [1.54, 1.807) is 36.4 Å². The van der Waals surface area contributed by atoms with Crippen molar-refractivity contribution in [3.63, 3.8) is 0 Å².